The molecule has 0 saturated carbocycles. The number of benzene rings is 8. The third-order valence-electron chi connectivity index (χ3n) is 11.7. The lowest BCUT2D eigenvalue weighted by Crippen LogP contribution is -2.26. The minimum absolute atomic E-state index is 0.407. The van der Waals surface area contributed by atoms with E-state index in [9.17, 15) is 0 Å². The Morgan fingerprint density at radius 2 is 1.00 bits per heavy atom. The van der Waals surface area contributed by atoms with Gasteiger partial charge in [-0.15, -0.1) is 11.3 Å². The lowest BCUT2D eigenvalue weighted by atomic mass is 9.70. The summed E-state index contributed by atoms with van der Waals surface area (Å²) in [6, 6.07) is 67.0. The SMILES string of the molecule is c1ccc(-c2nc3c(s2)-c2cccc4c(N(c5ccccc5)c5ccc6c(c5)C5(c7ccccc7-c7ccccc75)c5ccccc5-6)ccc-3c24)cc1. The number of hydrogen-bond acceptors (Lipinski definition) is 3. The summed E-state index contributed by atoms with van der Waals surface area (Å²) in [5, 5.41) is 3.57. The van der Waals surface area contributed by atoms with Crippen LogP contribution in [0, 0.1) is 0 Å². The average molecular weight is 691 g/mol. The first-order valence-electron chi connectivity index (χ1n) is 18.2. The first-order chi connectivity index (χ1) is 26.3. The maximum atomic E-state index is 5.23. The predicted molar refractivity (Wildman–Crippen MR) is 220 cm³/mol. The number of aromatic nitrogens is 1. The van der Waals surface area contributed by atoms with Gasteiger partial charge in [-0.1, -0.05) is 152 Å². The number of fused-ring (bicyclic) bond motifs is 13. The van der Waals surface area contributed by atoms with Gasteiger partial charge in [0.25, 0.3) is 0 Å². The van der Waals surface area contributed by atoms with E-state index in [1.54, 1.807) is 11.3 Å². The van der Waals surface area contributed by atoms with Crippen molar-refractivity contribution in [1.29, 1.82) is 0 Å². The van der Waals surface area contributed by atoms with Crippen molar-refractivity contribution in [2.45, 2.75) is 5.41 Å². The molecule has 0 amide bonds. The molecule has 246 valence electrons. The van der Waals surface area contributed by atoms with Crippen molar-refractivity contribution >= 4 is 39.2 Å². The summed E-state index contributed by atoms with van der Waals surface area (Å²) in [6.07, 6.45) is 0. The monoisotopic (exact) mass is 690 g/mol. The fourth-order valence-electron chi connectivity index (χ4n) is 9.59. The zero-order chi connectivity index (χ0) is 34.7. The van der Waals surface area contributed by atoms with E-state index in [1.807, 2.05) is 0 Å². The Morgan fingerprint density at radius 1 is 0.434 bits per heavy atom. The zero-order valence-corrected chi connectivity index (χ0v) is 29.4. The van der Waals surface area contributed by atoms with Crippen LogP contribution in [0.2, 0.25) is 0 Å². The van der Waals surface area contributed by atoms with Gasteiger partial charge in [0.05, 0.1) is 21.7 Å². The van der Waals surface area contributed by atoms with Crippen LogP contribution in [0.1, 0.15) is 22.3 Å². The minimum Gasteiger partial charge on any atom is -0.310 e. The van der Waals surface area contributed by atoms with Crippen LogP contribution in [-0.2, 0) is 5.41 Å². The van der Waals surface area contributed by atoms with E-state index in [0.29, 0.717) is 0 Å². The molecule has 0 atom stereocenters. The summed E-state index contributed by atoms with van der Waals surface area (Å²) >= 11 is 1.79. The van der Waals surface area contributed by atoms with Crippen molar-refractivity contribution < 1.29 is 0 Å². The van der Waals surface area contributed by atoms with E-state index in [4.69, 9.17) is 4.98 Å². The van der Waals surface area contributed by atoms with Crippen molar-refractivity contribution in [2.75, 3.05) is 4.90 Å². The topological polar surface area (TPSA) is 16.1 Å². The van der Waals surface area contributed by atoms with Crippen LogP contribution in [0.3, 0.4) is 0 Å². The van der Waals surface area contributed by atoms with E-state index in [2.05, 4.69) is 187 Å². The third-order valence-corrected chi connectivity index (χ3v) is 12.8. The maximum Gasteiger partial charge on any atom is 0.124 e. The van der Waals surface area contributed by atoms with Crippen molar-refractivity contribution in [3.63, 3.8) is 0 Å². The van der Waals surface area contributed by atoms with Crippen LogP contribution in [-0.4, -0.2) is 4.98 Å². The van der Waals surface area contributed by atoms with Gasteiger partial charge in [-0.05, 0) is 74.8 Å². The largest absolute Gasteiger partial charge is 0.310 e. The van der Waals surface area contributed by atoms with Crippen molar-refractivity contribution in [2.24, 2.45) is 0 Å². The fraction of sp³-hybridized carbons (Fsp3) is 0.0200. The smallest absolute Gasteiger partial charge is 0.124 e. The summed E-state index contributed by atoms with van der Waals surface area (Å²) in [5.41, 5.74) is 18.4. The summed E-state index contributed by atoms with van der Waals surface area (Å²) in [7, 11) is 0. The molecule has 9 aromatic rings. The lowest BCUT2D eigenvalue weighted by Gasteiger charge is -2.32. The van der Waals surface area contributed by atoms with E-state index in [-0.39, 0.29) is 0 Å². The molecule has 12 rings (SSSR count). The van der Waals surface area contributed by atoms with E-state index in [1.165, 1.54) is 71.3 Å². The lowest BCUT2D eigenvalue weighted by molar-refractivity contribution is 0.793. The van der Waals surface area contributed by atoms with Crippen LogP contribution >= 0.6 is 11.3 Å². The molecule has 53 heavy (non-hydrogen) atoms. The van der Waals surface area contributed by atoms with Gasteiger partial charge in [0, 0.05) is 38.8 Å². The van der Waals surface area contributed by atoms with Gasteiger partial charge in [-0.2, -0.15) is 0 Å². The second kappa shape index (κ2) is 10.7. The average Bonchev–Trinajstić information content (AvgIpc) is 3.96. The standard InChI is InChI=1S/C50H30N2S/c1-3-14-31(15-4-1)49-51-47-39-28-29-45(38-21-13-22-40(46(38)39)48(47)53-49)52(32-16-5-2-6-17-32)33-26-27-37-36-20-9-12-25-43(36)50(44(37)30-33)41-23-10-7-18-34(41)35-19-8-11-24-42(35)50/h1-30H. The molecule has 0 fully saturated rings. The molecule has 3 heteroatoms. The second-order valence-electron chi connectivity index (χ2n) is 14.2. The van der Waals surface area contributed by atoms with Crippen LogP contribution in [0.25, 0.3) is 65.3 Å². The molecule has 1 heterocycles. The Bertz CT molecular complexity index is 2870. The molecule has 0 radical (unpaired) electrons. The van der Waals surface area contributed by atoms with Gasteiger partial charge >= 0.3 is 0 Å². The minimum atomic E-state index is -0.407. The highest BCUT2D eigenvalue weighted by Crippen LogP contribution is 2.63. The van der Waals surface area contributed by atoms with Gasteiger partial charge < -0.3 is 4.90 Å². The van der Waals surface area contributed by atoms with Gasteiger partial charge in [0.2, 0.25) is 0 Å². The van der Waals surface area contributed by atoms with E-state index in [0.717, 1.165) is 33.3 Å². The Morgan fingerprint density at radius 3 is 1.68 bits per heavy atom. The molecular formula is C50H30N2S. The van der Waals surface area contributed by atoms with Crippen LogP contribution < -0.4 is 4.90 Å². The Kier molecular flexibility index (Phi) is 5.89. The van der Waals surface area contributed by atoms with Crippen LogP contribution in [0.4, 0.5) is 17.1 Å². The molecule has 0 N–H and O–H groups in total. The summed E-state index contributed by atoms with van der Waals surface area (Å²) in [4.78, 5) is 8.95. The molecule has 1 spiro atoms. The Hall–Kier alpha value is -6.55. The molecule has 1 aromatic heterocycles. The highest BCUT2D eigenvalue weighted by molar-refractivity contribution is 7.19. The van der Waals surface area contributed by atoms with Crippen LogP contribution in [0.15, 0.2) is 182 Å². The first kappa shape index (κ1) is 29.1. The van der Waals surface area contributed by atoms with Crippen molar-refractivity contribution in [3.8, 4) is 54.5 Å². The summed E-state index contributed by atoms with van der Waals surface area (Å²) < 4.78 is 0. The van der Waals surface area contributed by atoms with Gasteiger partial charge in [0.1, 0.15) is 5.01 Å². The highest BCUT2D eigenvalue weighted by atomic mass is 32.1. The maximum absolute atomic E-state index is 5.23. The summed E-state index contributed by atoms with van der Waals surface area (Å²) in [5.74, 6) is 0. The van der Waals surface area contributed by atoms with E-state index < -0.39 is 5.41 Å². The molecule has 2 nitrogen and oxygen atoms in total. The first-order valence-corrected chi connectivity index (χ1v) is 19.0. The van der Waals surface area contributed by atoms with Gasteiger partial charge in [0.15, 0.2) is 0 Å². The number of hydrogen-bond donors (Lipinski definition) is 0. The fourth-order valence-corrected chi connectivity index (χ4v) is 10.7. The molecular weight excluding hydrogens is 661 g/mol. The van der Waals surface area contributed by atoms with Crippen molar-refractivity contribution in [3.05, 3.63) is 204 Å². The van der Waals surface area contributed by atoms with E-state index >= 15 is 0 Å². The number of nitrogens with zero attached hydrogens (tertiary/aromatic N) is 2. The quantitative estimate of drug-likeness (QED) is 0.183. The third kappa shape index (κ3) is 3.79. The normalized spacial score (nSPS) is 13.4. The molecule has 0 unspecified atom stereocenters. The van der Waals surface area contributed by atoms with Gasteiger partial charge in [-0.25, -0.2) is 4.98 Å². The number of thiazole rings is 1. The van der Waals surface area contributed by atoms with Gasteiger partial charge in [-0.3, -0.25) is 0 Å². The summed E-state index contributed by atoms with van der Waals surface area (Å²) in [6.45, 7) is 0. The van der Waals surface area contributed by atoms with Crippen molar-refractivity contribution in [1.82, 2.24) is 4.98 Å². The predicted octanol–water partition coefficient (Wildman–Crippen LogP) is 13.4. The molecule has 0 saturated heterocycles. The Balaban J connectivity index is 1.09. The molecule has 8 aromatic carbocycles. The number of para-hydroxylation sites is 1. The second-order valence-corrected chi connectivity index (χ2v) is 15.2. The Labute approximate surface area is 311 Å². The molecule has 3 aliphatic carbocycles. The number of rotatable bonds is 4. The van der Waals surface area contributed by atoms with Crippen LogP contribution in [0.5, 0.6) is 0 Å². The highest BCUT2D eigenvalue weighted by Gasteiger charge is 2.51. The molecule has 0 bridgehead atoms. The zero-order valence-electron chi connectivity index (χ0n) is 28.6. The molecule has 3 aliphatic rings. The molecule has 0 aliphatic heterocycles. The number of anilines is 3.